The first-order valence-electron chi connectivity index (χ1n) is 9.95. The molecule has 0 radical (unpaired) electrons. The van der Waals surface area contributed by atoms with Gasteiger partial charge in [0.15, 0.2) is 0 Å². The van der Waals surface area contributed by atoms with Crippen LogP contribution in [0.1, 0.15) is 56.2 Å². The highest BCUT2D eigenvalue weighted by atomic mass is 32.1. The molecule has 1 saturated heterocycles. The number of pyridine rings is 1. The standard InChI is InChI=1S/C21H31N3O2S2/c1-13-15-16(22)18(20(27)26-21(3,4)5)28-19(15)23-14(2)17(13)25-12-11-24-9-7-6-8-10-24/h6-12,22H2,1-5H3. The maximum Gasteiger partial charge on any atom is 0.204 e. The highest BCUT2D eigenvalue weighted by Crippen LogP contribution is 2.40. The van der Waals surface area contributed by atoms with Gasteiger partial charge in [0.25, 0.3) is 0 Å². The maximum absolute atomic E-state index is 6.46. The van der Waals surface area contributed by atoms with Crippen LogP contribution in [0.2, 0.25) is 0 Å². The van der Waals surface area contributed by atoms with E-state index in [2.05, 4.69) is 4.90 Å². The quantitative estimate of drug-likeness (QED) is 0.696. The summed E-state index contributed by atoms with van der Waals surface area (Å²) in [5.41, 5.74) is 8.66. The average molecular weight is 422 g/mol. The van der Waals surface area contributed by atoms with Crippen LogP contribution in [0, 0.1) is 13.8 Å². The molecular weight excluding hydrogens is 390 g/mol. The normalized spacial score (nSPS) is 15.8. The molecular formula is C21H31N3O2S2. The minimum atomic E-state index is -0.360. The van der Waals surface area contributed by atoms with Crippen molar-refractivity contribution in [1.29, 1.82) is 0 Å². The van der Waals surface area contributed by atoms with Crippen molar-refractivity contribution in [1.82, 2.24) is 9.88 Å². The first-order chi connectivity index (χ1) is 13.2. The van der Waals surface area contributed by atoms with E-state index < -0.39 is 0 Å². The first kappa shape index (κ1) is 21.3. The summed E-state index contributed by atoms with van der Waals surface area (Å²) in [6.07, 6.45) is 3.92. The fourth-order valence-corrected chi connectivity index (χ4v) is 5.17. The van der Waals surface area contributed by atoms with Crippen LogP contribution in [0.5, 0.6) is 5.75 Å². The highest BCUT2D eigenvalue weighted by Gasteiger charge is 2.23. The molecule has 2 N–H and O–H groups in total. The lowest BCUT2D eigenvalue weighted by Gasteiger charge is -2.26. The minimum absolute atomic E-state index is 0.360. The Morgan fingerprint density at radius 3 is 2.54 bits per heavy atom. The van der Waals surface area contributed by atoms with Crippen molar-refractivity contribution in [3.63, 3.8) is 0 Å². The van der Waals surface area contributed by atoms with Crippen LogP contribution in [0.15, 0.2) is 0 Å². The van der Waals surface area contributed by atoms with Crippen molar-refractivity contribution in [2.24, 2.45) is 0 Å². The number of ether oxygens (including phenoxy) is 2. The Bertz CT molecular complexity index is 865. The molecule has 1 fully saturated rings. The van der Waals surface area contributed by atoms with Crippen LogP contribution in [-0.4, -0.2) is 46.8 Å². The second kappa shape index (κ2) is 8.51. The van der Waals surface area contributed by atoms with Crippen LogP contribution in [0.4, 0.5) is 5.69 Å². The fourth-order valence-electron chi connectivity index (χ4n) is 3.61. The summed E-state index contributed by atoms with van der Waals surface area (Å²) < 4.78 is 12.0. The van der Waals surface area contributed by atoms with Crippen LogP contribution >= 0.6 is 23.6 Å². The molecule has 0 saturated carbocycles. The molecule has 0 unspecified atom stereocenters. The number of thiophene rings is 1. The van der Waals surface area contributed by atoms with E-state index in [9.17, 15) is 0 Å². The van der Waals surface area contributed by atoms with Gasteiger partial charge in [-0.15, -0.1) is 11.3 Å². The Labute approximate surface area is 177 Å². The van der Waals surface area contributed by atoms with Crippen LogP contribution in [0.3, 0.4) is 0 Å². The Morgan fingerprint density at radius 2 is 1.89 bits per heavy atom. The summed E-state index contributed by atoms with van der Waals surface area (Å²) in [5, 5.41) is 1.36. The van der Waals surface area contributed by atoms with E-state index in [1.54, 1.807) is 0 Å². The van der Waals surface area contributed by atoms with Gasteiger partial charge in [-0.1, -0.05) is 6.42 Å². The number of thiocarbonyl (C=S) groups is 1. The van der Waals surface area contributed by atoms with Crippen molar-refractivity contribution in [2.75, 3.05) is 32.0 Å². The number of nitrogens with zero attached hydrogens (tertiary/aromatic N) is 2. The molecule has 0 atom stereocenters. The predicted molar refractivity (Wildman–Crippen MR) is 122 cm³/mol. The highest BCUT2D eigenvalue weighted by molar-refractivity contribution is 7.81. The SMILES string of the molecule is Cc1nc2sc(C(=S)OC(C)(C)C)c(N)c2c(C)c1OCCN1CCCCC1. The van der Waals surface area contributed by atoms with Gasteiger partial charge in [-0.25, -0.2) is 4.98 Å². The van der Waals surface area contributed by atoms with Gasteiger partial charge in [0.05, 0.1) is 11.4 Å². The predicted octanol–water partition coefficient (Wildman–Crippen LogP) is 4.85. The molecule has 0 aliphatic carbocycles. The van der Waals surface area contributed by atoms with E-state index in [0.29, 0.717) is 17.3 Å². The third-order valence-electron chi connectivity index (χ3n) is 4.93. The lowest BCUT2D eigenvalue weighted by atomic mass is 10.1. The minimum Gasteiger partial charge on any atom is -0.490 e. The van der Waals surface area contributed by atoms with Gasteiger partial charge in [-0.05, 0) is 72.8 Å². The van der Waals surface area contributed by atoms with Gasteiger partial charge >= 0.3 is 0 Å². The molecule has 1 aliphatic heterocycles. The summed E-state index contributed by atoms with van der Waals surface area (Å²) >= 11 is 6.98. The summed E-state index contributed by atoms with van der Waals surface area (Å²) in [5.74, 6) is 0.836. The zero-order valence-electron chi connectivity index (χ0n) is 17.6. The molecule has 2 aromatic rings. The third-order valence-corrected chi connectivity index (χ3v) is 6.44. The summed E-state index contributed by atoms with van der Waals surface area (Å²) in [4.78, 5) is 8.88. The number of rotatable bonds is 5. The van der Waals surface area contributed by atoms with Gasteiger partial charge in [-0.2, -0.15) is 0 Å². The van der Waals surface area contributed by atoms with E-state index in [1.807, 2.05) is 34.6 Å². The third kappa shape index (κ3) is 4.75. The first-order valence-corrected chi connectivity index (χ1v) is 11.2. The molecule has 2 aromatic heterocycles. The number of piperidine rings is 1. The summed E-state index contributed by atoms with van der Waals surface area (Å²) in [6.45, 7) is 13.9. The molecule has 0 spiro atoms. The number of nitrogen functional groups attached to an aromatic ring is 1. The number of fused-ring (bicyclic) bond motifs is 1. The average Bonchev–Trinajstić information content (AvgIpc) is 2.94. The van der Waals surface area contributed by atoms with Crippen molar-refractivity contribution >= 4 is 44.5 Å². The molecule has 3 heterocycles. The smallest absolute Gasteiger partial charge is 0.204 e. The van der Waals surface area contributed by atoms with Crippen LogP contribution in [-0.2, 0) is 4.74 Å². The van der Waals surface area contributed by atoms with Gasteiger partial charge in [0.1, 0.15) is 27.7 Å². The van der Waals surface area contributed by atoms with Gasteiger partial charge in [0, 0.05) is 17.5 Å². The number of nitrogens with two attached hydrogens (primary N) is 1. The Kier molecular flexibility index (Phi) is 6.47. The Balaban J connectivity index is 1.82. The molecule has 0 bridgehead atoms. The van der Waals surface area contributed by atoms with Crippen molar-refractivity contribution in [2.45, 2.75) is 59.5 Å². The number of aryl methyl sites for hydroxylation is 2. The monoisotopic (exact) mass is 421 g/mol. The molecule has 154 valence electrons. The van der Waals surface area contributed by atoms with Crippen molar-refractivity contribution in [3.05, 3.63) is 16.1 Å². The molecule has 28 heavy (non-hydrogen) atoms. The molecule has 5 nitrogen and oxygen atoms in total. The van der Waals surface area contributed by atoms with E-state index in [4.69, 9.17) is 32.4 Å². The number of hydrogen-bond acceptors (Lipinski definition) is 7. The van der Waals surface area contributed by atoms with E-state index >= 15 is 0 Å². The largest absolute Gasteiger partial charge is 0.490 e. The van der Waals surface area contributed by atoms with E-state index in [-0.39, 0.29) is 5.60 Å². The maximum atomic E-state index is 6.46. The Morgan fingerprint density at radius 1 is 1.21 bits per heavy atom. The zero-order valence-corrected chi connectivity index (χ0v) is 19.2. The number of anilines is 1. The lowest BCUT2D eigenvalue weighted by Crippen LogP contribution is -2.33. The summed E-state index contributed by atoms with van der Waals surface area (Å²) in [6, 6.07) is 0. The van der Waals surface area contributed by atoms with Crippen LogP contribution in [0.25, 0.3) is 10.2 Å². The number of likely N-dealkylation sites (tertiary alicyclic amines) is 1. The summed E-state index contributed by atoms with van der Waals surface area (Å²) in [7, 11) is 0. The second-order valence-corrected chi connectivity index (χ2v) is 9.80. The number of aromatic nitrogens is 1. The van der Waals surface area contributed by atoms with E-state index in [1.165, 1.54) is 43.7 Å². The van der Waals surface area contributed by atoms with E-state index in [0.717, 1.165) is 38.6 Å². The van der Waals surface area contributed by atoms with Gasteiger partial charge < -0.3 is 15.2 Å². The lowest BCUT2D eigenvalue weighted by molar-refractivity contribution is 0.123. The molecule has 3 rings (SSSR count). The van der Waals surface area contributed by atoms with Crippen LogP contribution < -0.4 is 10.5 Å². The van der Waals surface area contributed by atoms with Gasteiger partial charge in [0.2, 0.25) is 5.05 Å². The molecule has 7 heteroatoms. The molecule has 0 aromatic carbocycles. The fraction of sp³-hybridized carbons (Fsp3) is 0.619. The Hall–Kier alpha value is -1.44. The number of hydrogen-bond donors (Lipinski definition) is 1. The van der Waals surface area contributed by atoms with Crippen molar-refractivity contribution in [3.8, 4) is 5.75 Å². The van der Waals surface area contributed by atoms with Gasteiger partial charge in [-0.3, -0.25) is 4.90 Å². The van der Waals surface area contributed by atoms with Crippen molar-refractivity contribution < 1.29 is 9.47 Å². The topological polar surface area (TPSA) is 60.6 Å². The second-order valence-electron chi connectivity index (χ2n) is 8.43. The molecule has 1 aliphatic rings. The zero-order chi connectivity index (χ0) is 20.5. The molecule has 0 amide bonds.